The van der Waals surface area contributed by atoms with Crippen molar-refractivity contribution < 1.29 is 96.1 Å². The van der Waals surface area contributed by atoms with E-state index in [1.54, 1.807) is 94.8 Å². The summed E-state index contributed by atoms with van der Waals surface area (Å²) in [5, 5.41) is 40.4. The van der Waals surface area contributed by atoms with Gasteiger partial charge < -0.3 is 89.8 Å². The summed E-state index contributed by atoms with van der Waals surface area (Å²) in [5.41, 5.74) is 1.62. The van der Waals surface area contributed by atoms with Gasteiger partial charge in [-0.05, 0) is 99.1 Å². The van der Waals surface area contributed by atoms with Gasteiger partial charge in [0.2, 0.25) is 47.3 Å². The number of carbonyl (C=O) groups is 10. The molecule has 1 saturated heterocycles. The van der Waals surface area contributed by atoms with Crippen LogP contribution in [0, 0.1) is 29.6 Å². The summed E-state index contributed by atoms with van der Waals surface area (Å²) in [7, 11) is 7.36. The van der Waals surface area contributed by atoms with Crippen molar-refractivity contribution >= 4 is 65.0 Å². The summed E-state index contributed by atoms with van der Waals surface area (Å²) in [6.07, 6.45) is 2.74. The second kappa shape index (κ2) is 50.9. The summed E-state index contributed by atoms with van der Waals surface area (Å²) < 4.78 is 44.3. The SMILES string of the molecule is CC[C@H](C)[C@@H]([C@@H](CC(=O)N1CCC[C@H]1[C@H](OC)[C@@H](C)C(=O)N[C@H](C)[C@@H](O)c1ccccc1)OC)N(C)C(=O)[C@@H](NC(=O)[C@H](C(C)C)N(C)C(=O)OCc1ccc(NC(=O)[C@H](C)NC(=O)[C@@H](NC(=O)CCOCCOCCOCCOCCNC(=O)CCCCCNC(O)/C=C\C(=O)OC)C(C)C)cc1)C(C)C. The van der Waals surface area contributed by atoms with Gasteiger partial charge in [0, 0.05) is 66.0 Å². The van der Waals surface area contributed by atoms with Crippen LogP contribution in [0.4, 0.5) is 10.5 Å². The van der Waals surface area contributed by atoms with Crippen LogP contribution in [0.5, 0.6) is 0 Å². The predicted octanol–water partition coefficient (Wildman–Crippen LogP) is 4.93. The molecule has 9 N–H and O–H groups in total. The second-order valence-corrected chi connectivity index (χ2v) is 28.2. The van der Waals surface area contributed by atoms with E-state index in [0.29, 0.717) is 102 Å². The largest absolute Gasteiger partial charge is 0.466 e. The number of likely N-dealkylation sites (N-methyl/N-ethyl adjacent to an activating group) is 2. The van der Waals surface area contributed by atoms with Crippen LogP contribution >= 0.6 is 0 Å². The van der Waals surface area contributed by atoms with Crippen LogP contribution in [-0.2, 0) is 87.7 Å². The van der Waals surface area contributed by atoms with Gasteiger partial charge >= 0.3 is 12.1 Å². The van der Waals surface area contributed by atoms with Crippen molar-refractivity contribution in [3.05, 3.63) is 77.9 Å². The number of carbonyl (C=O) groups excluding carboxylic acids is 10. The lowest BCUT2D eigenvalue weighted by molar-refractivity contribution is -0.148. The Bertz CT molecular complexity index is 3040. The van der Waals surface area contributed by atoms with Gasteiger partial charge in [0.15, 0.2) is 0 Å². The van der Waals surface area contributed by atoms with Gasteiger partial charge in [-0.3, -0.25) is 48.6 Å². The molecule has 1 heterocycles. The number of unbranched alkanes of at least 4 members (excludes halogenated alkanes) is 2. The van der Waals surface area contributed by atoms with Gasteiger partial charge in [-0.15, -0.1) is 0 Å². The van der Waals surface area contributed by atoms with Crippen LogP contribution in [0.15, 0.2) is 66.7 Å². The average molecular weight is 1510 g/mol. The molecule has 1 aliphatic rings. The lowest BCUT2D eigenvalue weighted by atomic mass is 9.89. The summed E-state index contributed by atoms with van der Waals surface area (Å²) in [5.74, 6) is -5.67. The number of benzene rings is 2. The van der Waals surface area contributed by atoms with E-state index in [1.165, 1.54) is 46.3 Å². The minimum Gasteiger partial charge on any atom is -0.466 e. The standard InChI is InChI=1S/C77H126N10O20/c1-17-52(8)69(60(100-14)47-64(91)87-38-24-27-59(87)71(102-16)53(9)72(94)80-54(10)70(93)57-25-20-18-21-26-57)85(12)76(98)67(50(4)5)84-75(97)68(51(6)7)86(13)77(99)107-48-56-29-31-58(32-30-56)82-73(95)55(11)81-74(96)66(49(2)3)83-63(90)35-39-103-41-43-105-45-46-106-44-42-104-40-37-79-61(88)28-22-19-23-36-78-62(89)33-34-65(92)101-15/h18,20-21,25-26,29-34,49-55,59-60,62,66-71,78,89,93H,17,19,22-24,27-28,35-48H2,1-16H3,(H,79,88)(H,80,94)(H,81,96)(H,82,95)(H,83,90)(H,84,97)/b34-33-/t52-,53+,54+,55-,59-,60+,62?,66-,67-,68-,69-,70+,71+/m0/s1. The van der Waals surface area contributed by atoms with Crippen molar-refractivity contribution in [2.24, 2.45) is 29.6 Å². The number of rotatable bonds is 52. The Hall–Kier alpha value is -7.68. The first kappa shape index (κ1) is 93.5. The molecule has 0 saturated carbocycles. The molecule has 0 spiro atoms. The van der Waals surface area contributed by atoms with E-state index in [9.17, 15) is 58.2 Å². The molecule has 604 valence electrons. The first-order valence-electron chi connectivity index (χ1n) is 37.5. The van der Waals surface area contributed by atoms with Gasteiger partial charge in [0.05, 0.1) is 109 Å². The van der Waals surface area contributed by atoms with Gasteiger partial charge in [0.25, 0.3) is 0 Å². The maximum atomic E-state index is 14.8. The number of anilines is 1. The molecule has 0 radical (unpaired) electrons. The smallest absolute Gasteiger partial charge is 0.410 e. The van der Waals surface area contributed by atoms with Crippen LogP contribution in [0.25, 0.3) is 0 Å². The van der Waals surface area contributed by atoms with Crippen molar-refractivity contribution in [1.29, 1.82) is 0 Å². The number of nitrogens with zero attached hydrogens (tertiary/aromatic N) is 3. The maximum Gasteiger partial charge on any atom is 0.410 e. The number of amides is 9. The normalized spacial score (nSPS) is 16.4. The van der Waals surface area contributed by atoms with Crippen LogP contribution in [0.1, 0.15) is 151 Å². The van der Waals surface area contributed by atoms with Crippen LogP contribution < -0.4 is 37.2 Å². The fraction of sp³-hybridized carbons (Fsp3) is 0.688. The van der Waals surface area contributed by atoms with Crippen molar-refractivity contribution in [3.63, 3.8) is 0 Å². The molecular formula is C77H126N10O20. The molecule has 13 atom stereocenters. The number of methoxy groups -OCH3 is 3. The second-order valence-electron chi connectivity index (χ2n) is 28.2. The van der Waals surface area contributed by atoms with E-state index in [4.69, 9.17) is 33.2 Å². The van der Waals surface area contributed by atoms with Gasteiger partial charge in [-0.1, -0.05) is 118 Å². The molecule has 0 aromatic heterocycles. The molecule has 0 aliphatic carbocycles. The molecule has 2 aromatic rings. The Labute approximate surface area is 633 Å². The van der Waals surface area contributed by atoms with Crippen molar-refractivity contribution in [3.8, 4) is 0 Å². The highest BCUT2D eigenvalue weighted by Gasteiger charge is 2.44. The van der Waals surface area contributed by atoms with E-state index in [2.05, 4.69) is 42.0 Å². The van der Waals surface area contributed by atoms with E-state index in [0.717, 1.165) is 18.9 Å². The summed E-state index contributed by atoms with van der Waals surface area (Å²) in [6, 6.07) is 9.84. The third-order valence-corrected chi connectivity index (χ3v) is 18.9. The molecule has 2 aromatic carbocycles. The molecule has 107 heavy (non-hydrogen) atoms. The lowest BCUT2D eigenvalue weighted by Gasteiger charge is -2.41. The number of ether oxygens (including phenoxy) is 8. The zero-order valence-electron chi connectivity index (χ0n) is 66.0. The van der Waals surface area contributed by atoms with E-state index in [1.807, 2.05) is 45.9 Å². The number of likely N-dealkylation sites (tertiary alicyclic amines) is 1. The fourth-order valence-electron chi connectivity index (χ4n) is 12.4. The van der Waals surface area contributed by atoms with Gasteiger partial charge in [-0.2, -0.15) is 0 Å². The summed E-state index contributed by atoms with van der Waals surface area (Å²) in [6.45, 7) is 23.0. The molecule has 1 unspecified atom stereocenters. The van der Waals surface area contributed by atoms with E-state index >= 15 is 0 Å². The highest BCUT2D eigenvalue weighted by molar-refractivity contribution is 5.98. The number of hydrogen-bond acceptors (Lipinski definition) is 21. The van der Waals surface area contributed by atoms with Crippen LogP contribution in [0.2, 0.25) is 0 Å². The topological polar surface area (TPSA) is 379 Å². The monoisotopic (exact) mass is 1510 g/mol. The van der Waals surface area contributed by atoms with Crippen molar-refractivity contribution in [2.45, 2.75) is 207 Å². The zero-order valence-corrected chi connectivity index (χ0v) is 66.0. The van der Waals surface area contributed by atoms with Gasteiger partial charge in [0.1, 0.15) is 37.0 Å². The highest BCUT2D eigenvalue weighted by atomic mass is 16.6. The average Bonchev–Trinajstić information content (AvgIpc) is 1.80. The lowest BCUT2D eigenvalue weighted by Crippen LogP contribution is -2.60. The Kier molecular flexibility index (Phi) is 44.4. The maximum absolute atomic E-state index is 14.8. The molecule has 30 heteroatoms. The fourth-order valence-corrected chi connectivity index (χ4v) is 12.4. The first-order valence-corrected chi connectivity index (χ1v) is 37.5. The molecule has 3 rings (SSSR count). The van der Waals surface area contributed by atoms with Crippen LogP contribution in [-0.4, -0.2) is 253 Å². The number of hydrogen-bond donors (Lipinski definition) is 9. The van der Waals surface area contributed by atoms with E-state index in [-0.39, 0.29) is 68.8 Å². The third kappa shape index (κ3) is 33.4. The predicted molar refractivity (Wildman–Crippen MR) is 402 cm³/mol. The van der Waals surface area contributed by atoms with E-state index < -0.39 is 126 Å². The number of nitrogens with one attached hydrogen (secondary N) is 7. The minimum atomic E-state index is -1.07. The Morgan fingerprint density at radius 3 is 1.82 bits per heavy atom. The number of aliphatic hydroxyl groups excluding tert-OH is 2. The Morgan fingerprint density at radius 2 is 1.24 bits per heavy atom. The molecule has 0 bridgehead atoms. The number of esters is 1. The Balaban J connectivity index is 1.41. The van der Waals surface area contributed by atoms with Crippen molar-refractivity contribution in [1.82, 2.24) is 46.6 Å². The van der Waals surface area contributed by atoms with Gasteiger partial charge in [-0.25, -0.2) is 9.59 Å². The summed E-state index contributed by atoms with van der Waals surface area (Å²) in [4.78, 5) is 138. The first-order chi connectivity index (χ1) is 50.9. The number of aliphatic hydroxyl groups is 2. The highest BCUT2D eigenvalue weighted by Crippen LogP contribution is 2.31. The zero-order chi connectivity index (χ0) is 79.7. The molecule has 30 nitrogen and oxygen atoms in total. The Morgan fingerprint density at radius 1 is 0.626 bits per heavy atom. The molecule has 9 amide bonds. The quantitative estimate of drug-likeness (QED) is 0.0183. The minimum absolute atomic E-state index is 0.0199. The third-order valence-electron chi connectivity index (χ3n) is 18.9. The van der Waals surface area contributed by atoms with Crippen molar-refractivity contribution in [2.75, 3.05) is 113 Å². The molecule has 1 fully saturated rings. The summed E-state index contributed by atoms with van der Waals surface area (Å²) >= 11 is 0. The van der Waals surface area contributed by atoms with Crippen LogP contribution in [0.3, 0.4) is 0 Å². The molecular weight excluding hydrogens is 1380 g/mol. The molecule has 1 aliphatic heterocycles.